The number of benzene rings is 4. The second-order valence-corrected chi connectivity index (χ2v) is 8.29. The first-order chi connectivity index (χ1) is 13.4. The van der Waals surface area contributed by atoms with Gasteiger partial charge < -0.3 is 10.2 Å². The molecule has 0 heterocycles. The summed E-state index contributed by atoms with van der Waals surface area (Å²) in [5.41, 5.74) is 0.730. The van der Waals surface area contributed by atoms with Gasteiger partial charge in [-0.2, -0.15) is 0 Å². The Morgan fingerprint density at radius 1 is 0.586 bits per heavy atom. The van der Waals surface area contributed by atoms with Crippen LogP contribution in [0.3, 0.4) is 0 Å². The number of hydrogen-bond acceptors (Lipinski definition) is 2. The molecule has 4 aromatic carbocycles. The van der Waals surface area contributed by atoms with Gasteiger partial charge in [0, 0.05) is 34.4 Å². The molecule has 0 aromatic heterocycles. The first kappa shape index (κ1) is 24.0. The maximum atomic E-state index is 10.9. The Kier molecular flexibility index (Phi) is 8.82. The summed E-state index contributed by atoms with van der Waals surface area (Å²) in [6.45, 7) is 0. The van der Waals surface area contributed by atoms with Crippen LogP contribution in [0.15, 0.2) is 72.8 Å². The summed E-state index contributed by atoms with van der Waals surface area (Å²) in [6.07, 6.45) is 0. The molecule has 0 amide bonds. The molecular weight excluding hydrogens is 694 g/mol. The van der Waals surface area contributed by atoms with Crippen molar-refractivity contribution in [2.45, 2.75) is 0 Å². The molecule has 0 spiro atoms. The van der Waals surface area contributed by atoms with Crippen LogP contribution in [0.25, 0.3) is 21.5 Å². The van der Waals surface area contributed by atoms with E-state index in [1.54, 1.807) is 12.1 Å². The number of carbonyl (C=O) groups is 2. The van der Waals surface area contributed by atoms with Crippen LogP contribution in [0.5, 0.6) is 0 Å². The van der Waals surface area contributed by atoms with Gasteiger partial charge in [-0.1, -0.05) is 48.5 Å². The fraction of sp³-hybridized carbons (Fsp3) is 0. The van der Waals surface area contributed by atoms with E-state index in [1.807, 2.05) is 106 Å². The topological polar surface area (TPSA) is 74.6 Å². The number of carboxylic acid groups (broad SMARTS) is 2. The quantitative estimate of drug-likeness (QED) is 0.190. The van der Waals surface area contributed by atoms with E-state index < -0.39 is 11.9 Å². The Labute approximate surface area is 214 Å². The van der Waals surface area contributed by atoms with Gasteiger partial charge in [-0.15, -0.1) is 0 Å². The van der Waals surface area contributed by atoms with Crippen molar-refractivity contribution in [1.29, 1.82) is 0 Å². The Bertz CT molecular complexity index is 1110. The van der Waals surface area contributed by atoms with E-state index >= 15 is 0 Å². The van der Waals surface area contributed by atoms with Crippen molar-refractivity contribution in [3.05, 3.63) is 91.1 Å². The molecule has 4 rings (SSSR count). The zero-order valence-electron chi connectivity index (χ0n) is 15.1. The van der Waals surface area contributed by atoms with Crippen LogP contribution < -0.4 is 0 Å². The minimum atomic E-state index is -0.875. The van der Waals surface area contributed by atoms with Crippen molar-refractivity contribution in [2.24, 2.45) is 0 Å². The van der Waals surface area contributed by atoms with E-state index in [-0.39, 0.29) is 27.3 Å². The maximum Gasteiger partial charge on any atom is 0.336 e. The second kappa shape index (κ2) is 10.7. The summed E-state index contributed by atoms with van der Waals surface area (Å²) in [5, 5.41) is 21.9. The van der Waals surface area contributed by atoms with Gasteiger partial charge in [0.05, 0.1) is 11.1 Å². The molecule has 0 unspecified atom stereocenters. The number of hydrogen-bond donors (Lipinski definition) is 2. The number of fused-ring (bicyclic) bond motifs is 2. The zero-order valence-corrected chi connectivity index (χ0v) is 23.5. The summed E-state index contributed by atoms with van der Waals surface area (Å²) < 4.78 is 1.54. The third kappa shape index (κ3) is 5.88. The average molecular weight is 709 g/mol. The predicted molar refractivity (Wildman–Crippen MR) is 127 cm³/mol. The minimum absolute atomic E-state index is 0. The zero-order chi connectivity index (χ0) is 20.3. The van der Waals surface area contributed by atoms with E-state index in [0.717, 1.165) is 28.7 Å². The van der Waals surface area contributed by atoms with E-state index in [4.69, 9.17) is 10.2 Å². The van der Waals surface area contributed by atoms with Gasteiger partial charge in [0.25, 0.3) is 0 Å². The smallest absolute Gasteiger partial charge is 0.336 e. The van der Waals surface area contributed by atoms with Crippen LogP contribution >= 0.6 is 45.2 Å². The first-order valence-corrected chi connectivity index (χ1v) is 10.4. The van der Waals surface area contributed by atoms with Crippen molar-refractivity contribution < 1.29 is 47.1 Å². The average Bonchev–Trinajstić information content (AvgIpc) is 2.67. The molecule has 0 aliphatic rings. The maximum absolute atomic E-state index is 10.9. The molecule has 0 saturated heterocycles. The Balaban J connectivity index is 0.000000200. The summed E-state index contributed by atoms with van der Waals surface area (Å²) in [5.74, 6) is -1.75. The van der Waals surface area contributed by atoms with Gasteiger partial charge >= 0.3 is 11.9 Å². The van der Waals surface area contributed by atoms with E-state index in [9.17, 15) is 9.59 Å². The van der Waals surface area contributed by atoms with Crippen LogP contribution in [0.4, 0.5) is 0 Å². The first-order valence-electron chi connectivity index (χ1n) is 8.20. The molecular formula is C22H14CdI2O4. The molecule has 4 aromatic rings. The molecule has 4 nitrogen and oxygen atoms in total. The summed E-state index contributed by atoms with van der Waals surface area (Å²) in [6, 6.07) is 22.7. The molecule has 2 N–H and O–H groups in total. The second-order valence-electron chi connectivity index (χ2n) is 5.97. The SMILES string of the molecule is O=C(O)c1cc2ccccc2cc1I.O=C(O)c1cc2ccccc2cc1I.[Cd]. The van der Waals surface area contributed by atoms with Gasteiger partial charge in [0.1, 0.15) is 0 Å². The number of carboxylic acids is 2. The third-order valence-electron chi connectivity index (χ3n) is 4.13. The Hall–Kier alpha value is -1.28. The molecule has 0 aliphatic carbocycles. The van der Waals surface area contributed by atoms with Gasteiger partial charge in [0.2, 0.25) is 0 Å². The van der Waals surface area contributed by atoms with Crippen LogP contribution in [0, 0.1) is 7.14 Å². The van der Waals surface area contributed by atoms with Crippen molar-refractivity contribution in [2.75, 3.05) is 0 Å². The molecule has 0 saturated carbocycles. The van der Waals surface area contributed by atoms with Crippen molar-refractivity contribution in [3.8, 4) is 0 Å². The monoisotopic (exact) mass is 710 g/mol. The minimum Gasteiger partial charge on any atom is -0.478 e. The van der Waals surface area contributed by atoms with Gasteiger partial charge in [-0.3, -0.25) is 0 Å². The van der Waals surface area contributed by atoms with Gasteiger partial charge in [-0.25, -0.2) is 9.59 Å². The number of aromatic carboxylic acids is 2. The molecule has 0 radical (unpaired) electrons. The Morgan fingerprint density at radius 2 is 0.862 bits per heavy atom. The van der Waals surface area contributed by atoms with Crippen LogP contribution in [-0.2, 0) is 27.3 Å². The van der Waals surface area contributed by atoms with Crippen LogP contribution in [-0.4, -0.2) is 22.2 Å². The van der Waals surface area contributed by atoms with Crippen LogP contribution in [0.1, 0.15) is 20.7 Å². The van der Waals surface area contributed by atoms with Crippen molar-refractivity contribution >= 4 is 78.7 Å². The number of halogens is 2. The Morgan fingerprint density at radius 3 is 1.14 bits per heavy atom. The standard InChI is InChI=1S/2C11H7IO2.Cd/c2*12-10-6-8-4-2-1-3-7(8)5-9(10)11(13)14;/h2*1-6H,(H,13,14);. The molecule has 0 fully saturated rings. The van der Waals surface area contributed by atoms with Crippen molar-refractivity contribution in [1.82, 2.24) is 0 Å². The molecule has 0 atom stereocenters. The van der Waals surface area contributed by atoms with Gasteiger partial charge in [-0.05, 0) is 91.0 Å². The fourth-order valence-electron chi connectivity index (χ4n) is 2.75. The van der Waals surface area contributed by atoms with E-state index in [2.05, 4.69) is 0 Å². The molecule has 7 heteroatoms. The molecule has 0 aliphatic heterocycles. The molecule has 0 bridgehead atoms. The normalized spacial score (nSPS) is 10.0. The van der Waals surface area contributed by atoms with Crippen LogP contribution in [0.2, 0.25) is 0 Å². The molecule has 142 valence electrons. The van der Waals surface area contributed by atoms with Crippen molar-refractivity contribution in [3.63, 3.8) is 0 Å². The van der Waals surface area contributed by atoms with Gasteiger partial charge in [0.15, 0.2) is 0 Å². The molecule has 29 heavy (non-hydrogen) atoms. The van der Waals surface area contributed by atoms with E-state index in [0.29, 0.717) is 11.1 Å². The summed E-state index contributed by atoms with van der Waals surface area (Å²) in [4.78, 5) is 21.7. The fourth-order valence-corrected chi connectivity index (χ4v) is 4.20. The summed E-state index contributed by atoms with van der Waals surface area (Å²) >= 11 is 4.09. The number of rotatable bonds is 2. The third-order valence-corrected chi connectivity index (χ3v) is 5.92. The van der Waals surface area contributed by atoms with E-state index in [1.165, 1.54) is 0 Å². The largest absolute Gasteiger partial charge is 0.478 e. The summed E-state index contributed by atoms with van der Waals surface area (Å²) in [7, 11) is 0. The predicted octanol–water partition coefficient (Wildman–Crippen LogP) is 6.28.